The van der Waals surface area contributed by atoms with Crippen LogP contribution < -0.4 is 18.9 Å². The molecule has 8 rings (SSSR count). The van der Waals surface area contributed by atoms with Gasteiger partial charge in [0.25, 0.3) is 0 Å². The number of halogens is 2. The van der Waals surface area contributed by atoms with Gasteiger partial charge in [-0.2, -0.15) is 0 Å². The van der Waals surface area contributed by atoms with E-state index >= 15 is 0 Å². The molecule has 0 N–H and O–H groups in total. The largest absolute Gasteiger partial charge is 0.494 e. The first kappa shape index (κ1) is 54.6. The molecule has 388 valence electrons. The third kappa shape index (κ3) is 11.9. The Morgan fingerprint density at radius 1 is 0.486 bits per heavy atom. The second-order valence-electron chi connectivity index (χ2n) is 15.9. The summed E-state index contributed by atoms with van der Waals surface area (Å²) in [6, 6.07) is 17.6. The number of pyridine rings is 2. The second-order valence-corrected chi connectivity index (χ2v) is 21.5. The average Bonchev–Trinajstić information content (AvgIpc) is 4.03. The Balaban J connectivity index is 0.000000216. The molecular weight excluding hydrogens is 1040 g/mol. The number of nitrogens with zero attached hydrogens (tertiary/aromatic N) is 12. The third-order valence-electron chi connectivity index (χ3n) is 11.5. The van der Waals surface area contributed by atoms with Crippen molar-refractivity contribution in [2.24, 2.45) is 0 Å². The van der Waals surface area contributed by atoms with Gasteiger partial charge in [0.05, 0.1) is 49.0 Å². The summed E-state index contributed by atoms with van der Waals surface area (Å²) >= 11 is 11.8. The quantitative estimate of drug-likeness (QED) is 0.0746. The second kappa shape index (κ2) is 24.2. The number of rotatable bonds is 20. The smallest absolute Gasteiger partial charge is 0.170 e. The van der Waals surface area contributed by atoms with E-state index in [0.29, 0.717) is 67.2 Å². The van der Waals surface area contributed by atoms with E-state index in [9.17, 15) is 16.8 Å². The van der Waals surface area contributed by atoms with Crippen molar-refractivity contribution in [1.82, 2.24) is 59.4 Å². The Morgan fingerprint density at radius 3 is 1.11 bits per heavy atom. The highest BCUT2D eigenvalue weighted by Crippen LogP contribution is 2.39. The van der Waals surface area contributed by atoms with Gasteiger partial charge >= 0.3 is 0 Å². The van der Waals surface area contributed by atoms with Gasteiger partial charge in [0.1, 0.15) is 58.1 Å². The van der Waals surface area contributed by atoms with Crippen LogP contribution in [0.5, 0.6) is 23.0 Å². The molecule has 0 saturated heterocycles. The molecule has 0 saturated carbocycles. The Bertz CT molecular complexity index is 3110. The molecule has 0 aliphatic rings. The third-order valence-corrected chi connectivity index (χ3v) is 16.0. The van der Waals surface area contributed by atoms with Gasteiger partial charge < -0.3 is 28.4 Å². The maximum Gasteiger partial charge on any atom is 0.170 e. The van der Waals surface area contributed by atoms with Crippen LogP contribution in [-0.2, 0) is 40.7 Å². The molecule has 4 atom stereocenters. The van der Waals surface area contributed by atoms with Crippen molar-refractivity contribution in [2.45, 2.75) is 48.1 Å². The molecule has 0 spiro atoms. The molecule has 8 aromatic rings. The van der Waals surface area contributed by atoms with E-state index in [1.807, 2.05) is 0 Å². The lowest BCUT2D eigenvalue weighted by molar-refractivity contribution is 0.0947. The highest BCUT2D eigenvalue weighted by Gasteiger charge is 2.37. The highest BCUT2D eigenvalue weighted by molar-refractivity contribution is 7.91. The van der Waals surface area contributed by atoms with E-state index in [1.165, 1.54) is 81.3 Å². The Morgan fingerprint density at radius 2 is 0.824 bits per heavy atom. The molecule has 0 radical (unpaired) electrons. The molecule has 22 nitrogen and oxygen atoms in total. The molecule has 0 unspecified atom stereocenters. The minimum Gasteiger partial charge on any atom is -0.494 e. The van der Waals surface area contributed by atoms with Crippen molar-refractivity contribution < 1.29 is 45.3 Å². The zero-order valence-corrected chi connectivity index (χ0v) is 44.3. The molecule has 0 aliphatic heterocycles. The van der Waals surface area contributed by atoms with Crippen molar-refractivity contribution in [3.05, 3.63) is 144 Å². The molecule has 2 aromatic carbocycles. The van der Waals surface area contributed by atoms with E-state index in [-0.39, 0.29) is 23.3 Å². The number of sulfone groups is 2. The van der Waals surface area contributed by atoms with Crippen LogP contribution in [0.3, 0.4) is 0 Å². The number of benzene rings is 2. The van der Waals surface area contributed by atoms with Crippen LogP contribution in [-0.4, -0.2) is 129 Å². The fraction of sp³-hybridized carbons (Fsp3) is 0.292. The van der Waals surface area contributed by atoms with Crippen molar-refractivity contribution in [3.8, 4) is 57.1 Å². The summed E-state index contributed by atoms with van der Waals surface area (Å²) in [6.07, 6.45) is 10.2. The van der Waals surface area contributed by atoms with E-state index in [0.717, 1.165) is 0 Å². The van der Waals surface area contributed by atoms with Crippen LogP contribution in [0.1, 0.15) is 49.4 Å². The maximum absolute atomic E-state index is 13.7. The molecule has 0 bridgehead atoms. The SMILES string of the molecule is COc1cccc(OC)c1-n1c(CS(=O)(=O)[C@@H](C)[C@@H](OC)c2ncc(Cl)cn2)nnc1-c1cccnc1.COc1cccc(OC)c1-n1c(CS(=O)(=O)[C@H](C)[C@H](OC)c2ncc(Cl)cn2)nnc1-c1cccnc1. The lowest BCUT2D eigenvalue weighted by Gasteiger charge is -2.22. The first-order valence-electron chi connectivity index (χ1n) is 22.2. The number of hydrogen-bond donors (Lipinski definition) is 0. The number of methoxy groups -OCH3 is 6. The molecule has 74 heavy (non-hydrogen) atoms. The zero-order chi connectivity index (χ0) is 53.2. The van der Waals surface area contributed by atoms with Crippen LogP contribution in [0.4, 0.5) is 0 Å². The minimum atomic E-state index is -3.88. The van der Waals surface area contributed by atoms with Gasteiger partial charge in [0, 0.05) is 74.9 Å². The Labute approximate surface area is 436 Å². The lowest BCUT2D eigenvalue weighted by Crippen LogP contribution is -2.30. The normalized spacial score (nSPS) is 13.2. The first-order chi connectivity index (χ1) is 35.6. The summed E-state index contributed by atoms with van der Waals surface area (Å²) in [4.78, 5) is 24.9. The summed E-state index contributed by atoms with van der Waals surface area (Å²) in [6.45, 7) is 3.07. The molecule has 6 heterocycles. The fourth-order valence-electron chi connectivity index (χ4n) is 7.71. The summed E-state index contributed by atoms with van der Waals surface area (Å²) < 4.78 is 91.2. The van der Waals surface area contributed by atoms with Crippen LogP contribution >= 0.6 is 23.2 Å². The van der Waals surface area contributed by atoms with Gasteiger partial charge in [-0.05, 0) is 62.4 Å². The molecular formula is C48H50Cl2N12O10S2. The van der Waals surface area contributed by atoms with Crippen molar-refractivity contribution in [2.75, 3.05) is 42.7 Å². The minimum absolute atomic E-state index is 0.153. The lowest BCUT2D eigenvalue weighted by atomic mass is 10.2. The van der Waals surface area contributed by atoms with Crippen LogP contribution in [0, 0.1) is 0 Å². The van der Waals surface area contributed by atoms with Crippen molar-refractivity contribution in [3.63, 3.8) is 0 Å². The Kier molecular flexibility index (Phi) is 17.8. The summed E-state index contributed by atoms with van der Waals surface area (Å²) in [5, 5.41) is 15.8. The average molecular weight is 1090 g/mol. The Hall–Kier alpha value is -7.22. The van der Waals surface area contributed by atoms with Gasteiger partial charge in [-0.1, -0.05) is 35.3 Å². The topological polar surface area (TPSA) is 262 Å². The van der Waals surface area contributed by atoms with Crippen LogP contribution in [0.2, 0.25) is 10.0 Å². The first-order valence-corrected chi connectivity index (χ1v) is 26.4. The van der Waals surface area contributed by atoms with E-state index < -0.39 is 53.9 Å². The van der Waals surface area contributed by atoms with Gasteiger partial charge in [0.2, 0.25) is 0 Å². The van der Waals surface area contributed by atoms with Gasteiger partial charge in [-0.3, -0.25) is 19.1 Å². The molecule has 0 amide bonds. The number of aromatic nitrogens is 12. The molecule has 26 heteroatoms. The van der Waals surface area contributed by atoms with Crippen molar-refractivity contribution in [1.29, 1.82) is 0 Å². The van der Waals surface area contributed by atoms with E-state index in [2.05, 4.69) is 50.3 Å². The van der Waals surface area contributed by atoms with Crippen LogP contribution in [0.25, 0.3) is 34.2 Å². The summed E-state index contributed by atoms with van der Waals surface area (Å²) in [7, 11) is 1.10. The standard InChI is InChI=1S/2C24H25ClN6O5S/c2*1-15(22(36-4)23-27-12-17(25)13-28-23)37(32,33)14-20-29-30-24(16-7-6-10-26-11-16)31(20)21-18(34-2)8-5-9-19(21)35-3/h2*5-13,15,22H,14H2,1-4H3/t2*15-,22+/m10/s1. The number of para-hydroxylation sites is 2. The van der Waals surface area contributed by atoms with Gasteiger partial charge in [0.15, 0.2) is 54.6 Å². The summed E-state index contributed by atoms with van der Waals surface area (Å²) in [5.74, 6) is 2.31. The van der Waals surface area contributed by atoms with Gasteiger partial charge in [-0.25, -0.2) is 36.8 Å². The summed E-state index contributed by atoms with van der Waals surface area (Å²) in [5.41, 5.74) is 2.17. The predicted octanol–water partition coefficient (Wildman–Crippen LogP) is 6.96. The van der Waals surface area contributed by atoms with Crippen molar-refractivity contribution >= 4 is 42.9 Å². The monoisotopic (exact) mass is 1090 g/mol. The zero-order valence-electron chi connectivity index (χ0n) is 41.1. The van der Waals surface area contributed by atoms with Crippen LogP contribution in [0.15, 0.2) is 110 Å². The maximum atomic E-state index is 13.7. The fourth-order valence-corrected chi connectivity index (χ4v) is 10.7. The molecule has 6 aromatic heterocycles. The number of hydrogen-bond acceptors (Lipinski definition) is 20. The van der Waals surface area contributed by atoms with Gasteiger partial charge in [-0.15, -0.1) is 20.4 Å². The molecule has 0 aliphatic carbocycles. The van der Waals surface area contributed by atoms with E-state index in [1.54, 1.807) is 94.6 Å². The number of ether oxygens (including phenoxy) is 6. The van der Waals surface area contributed by atoms with E-state index in [4.69, 9.17) is 51.6 Å². The molecule has 0 fully saturated rings. The highest BCUT2D eigenvalue weighted by atomic mass is 35.5. The predicted molar refractivity (Wildman–Crippen MR) is 273 cm³/mol.